The number of carboxylic acids is 1. The SMILES string of the molecule is O=C(O)C1CC2(CC(Oc3nc(C4CCOCC4)c(-c4ccc(F)cc4)c4ccc(O)cc34)C2)C1. The number of benzene rings is 2. The first kappa shape index (κ1) is 22.3. The number of phenols is 1. The Bertz CT molecular complexity index is 1270. The topological polar surface area (TPSA) is 88.9 Å². The number of pyridine rings is 1. The Morgan fingerprint density at radius 3 is 2.43 bits per heavy atom. The summed E-state index contributed by atoms with van der Waals surface area (Å²) in [6.07, 6.45) is 4.74. The zero-order valence-corrected chi connectivity index (χ0v) is 19.4. The summed E-state index contributed by atoms with van der Waals surface area (Å²) in [5, 5.41) is 21.1. The number of fused-ring (bicyclic) bond motifs is 1. The predicted molar refractivity (Wildman–Crippen MR) is 128 cm³/mol. The van der Waals surface area contributed by atoms with Crippen LogP contribution >= 0.6 is 0 Å². The molecule has 6 rings (SSSR count). The molecule has 0 unspecified atom stereocenters. The maximum Gasteiger partial charge on any atom is 0.306 e. The Balaban J connectivity index is 1.39. The predicted octanol–water partition coefficient (Wildman–Crippen LogP) is 5.66. The van der Waals surface area contributed by atoms with Crippen LogP contribution in [-0.4, -0.2) is 40.5 Å². The van der Waals surface area contributed by atoms with Crippen LogP contribution in [0.25, 0.3) is 21.9 Å². The highest BCUT2D eigenvalue weighted by Gasteiger charge is 2.56. The lowest BCUT2D eigenvalue weighted by molar-refractivity contribution is -0.161. The molecule has 2 heterocycles. The van der Waals surface area contributed by atoms with Gasteiger partial charge in [-0.3, -0.25) is 4.79 Å². The van der Waals surface area contributed by atoms with Gasteiger partial charge < -0.3 is 19.7 Å². The molecule has 3 aliphatic rings. The van der Waals surface area contributed by atoms with Gasteiger partial charge in [0.05, 0.1) is 11.6 Å². The van der Waals surface area contributed by atoms with E-state index in [1.54, 1.807) is 24.3 Å². The van der Waals surface area contributed by atoms with Crippen molar-refractivity contribution in [3.63, 3.8) is 0 Å². The second kappa shape index (κ2) is 8.48. The Morgan fingerprint density at radius 1 is 1.03 bits per heavy atom. The third-order valence-corrected chi connectivity index (χ3v) is 8.03. The molecule has 6 nitrogen and oxygen atoms in total. The number of aromatic nitrogens is 1. The number of rotatable bonds is 5. The molecule has 3 aromatic rings. The maximum atomic E-state index is 13.7. The monoisotopic (exact) mass is 477 g/mol. The van der Waals surface area contributed by atoms with Gasteiger partial charge >= 0.3 is 5.97 Å². The molecule has 7 heteroatoms. The molecule has 2 saturated carbocycles. The van der Waals surface area contributed by atoms with Crippen LogP contribution in [0.3, 0.4) is 0 Å². The van der Waals surface area contributed by atoms with Gasteiger partial charge in [0.1, 0.15) is 17.7 Å². The maximum absolute atomic E-state index is 13.7. The van der Waals surface area contributed by atoms with E-state index in [1.165, 1.54) is 12.1 Å². The van der Waals surface area contributed by atoms with Crippen LogP contribution in [0.1, 0.15) is 50.1 Å². The van der Waals surface area contributed by atoms with E-state index in [9.17, 15) is 19.4 Å². The lowest BCUT2D eigenvalue weighted by Crippen LogP contribution is -2.53. The van der Waals surface area contributed by atoms with Gasteiger partial charge in [-0.25, -0.2) is 9.37 Å². The van der Waals surface area contributed by atoms with Crippen molar-refractivity contribution in [1.29, 1.82) is 0 Å². The summed E-state index contributed by atoms with van der Waals surface area (Å²) in [5.41, 5.74) is 2.81. The molecule has 1 saturated heterocycles. The van der Waals surface area contributed by atoms with E-state index in [-0.39, 0.29) is 34.9 Å². The van der Waals surface area contributed by atoms with Crippen LogP contribution in [0.2, 0.25) is 0 Å². The first-order chi connectivity index (χ1) is 16.9. The average Bonchev–Trinajstić information content (AvgIpc) is 2.80. The van der Waals surface area contributed by atoms with Crippen molar-refractivity contribution in [2.75, 3.05) is 13.2 Å². The van der Waals surface area contributed by atoms with Gasteiger partial charge in [-0.05, 0) is 85.2 Å². The van der Waals surface area contributed by atoms with Gasteiger partial charge in [0.2, 0.25) is 5.88 Å². The van der Waals surface area contributed by atoms with E-state index in [0.29, 0.717) is 31.9 Å². The zero-order valence-electron chi connectivity index (χ0n) is 19.4. The van der Waals surface area contributed by atoms with Gasteiger partial charge in [0.15, 0.2) is 0 Å². The van der Waals surface area contributed by atoms with Gasteiger partial charge in [-0.15, -0.1) is 0 Å². The number of carboxylic acid groups (broad SMARTS) is 1. The number of aliphatic carboxylic acids is 1. The fraction of sp³-hybridized carbons (Fsp3) is 0.429. The lowest BCUT2D eigenvalue weighted by Gasteiger charge is -2.55. The molecule has 0 amide bonds. The van der Waals surface area contributed by atoms with E-state index in [4.69, 9.17) is 14.5 Å². The highest BCUT2D eigenvalue weighted by molar-refractivity contribution is 6.01. The molecule has 0 radical (unpaired) electrons. The van der Waals surface area contributed by atoms with Crippen molar-refractivity contribution >= 4 is 16.7 Å². The minimum absolute atomic E-state index is 0.0259. The molecule has 2 N–H and O–H groups in total. The summed E-state index contributed by atoms with van der Waals surface area (Å²) in [4.78, 5) is 16.3. The Morgan fingerprint density at radius 2 is 1.74 bits per heavy atom. The van der Waals surface area contributed by atoms with Crippen molar-refractivity contribution < 1.29 is 28.9 Å². The molecule has 35 heavy (non-hydrogen) atoms. The highest BCUT2D eigenvalue weighted by atomic mass is 19.1. The standard InChI is InChI=1S/C28H28FNO5/c29-19-3-1-16(2-4-19)24-22-6-5-20(31)11-23(22)26(30-25(24)17-7-9-34-10-8-17)35-21-14-28(15-21)12-18(13-28)27(32)33/h1-6,11,17-18,21,31H,7-10,12-15H2,(H,32,33). The molecule has 1 spiro atoms. The third-order valence-electron chi connectivity index (χ3n) is 8.03. The average molecular weight is 478 g/mol. The summed E-state index contributed by atoms with van der Waals surface area (Å²) >= 11 is 0. The van der Waals surface area contributed by atoms with E-state index in [2.05, 4.69) is 0 Å². The molecule has 182 valence electrons. The van der Waals surface area contributed by atoms with Crippen molar-refractivity contribution in [3.05, 3.63) is 54.0 Å². The third kappa shape index (κ3) is 4.01. The number of phenolic OH excluding ortho intramolecular Hbond substituents is 1. The van der Waals surface area contributed by atoms with E-state index < -0.39 is 5.97 Å². The van der Waals surface area contributed by atoms with E-state index in [0.717, 1.165) is 53.3 Å². The smallest absolute Gasteiger partial charge is 0.306 e. The zero-order chi connectivity index (χ0) is 24.2. The van der Waals surface area contributed by atoms with Crippen LogP contribution in [0.15, 0.2) is 42.5 Å². The van der Waals surface area contributed by atoms with Crippen LogP contribution in [-0.2, 0) is 9.53 Å². The number of carbonyl (C=O) groups is 1. The molecular formula is C28H28FNO5. The van der Waals surface area contributed by atoms with E-state index >= 15 is 0 Å². The van der Waals surface area contributed by atoms with Crippen LogP contribution in [0, 0.1) is 17.2 Å². The normalized spacial score (nSPS) is 26.3. The highest BCUT2D eigenvalue weighted by Crippen LogP contribution is 2.59. The second-order valence-corrected chi connectivity index (χ2v) is 10.4. The van der Waals surface area contributed by atoms with Crippen LogP contribution in [0.5, 0.6) is 11.6 Å². The number of nitrogens with zero attached hydrogens (tertiary/aromatic N) is 1. The fourth-order valence-electron chi connectivity index (χ4n) is 6.21. The second-order valence-electron chi connectivity index (χ2n) is 10.4. The van der Waals surface area contributed by atoms with Crippen molar-refractivity contribution in [2.24, 2.45) is 11.3 Å². The van der Waals surface area contributed by atoms with Gasteiger partial charge in [0.25, 0.3) is 0 Å². The van der Waals surface area contributed by atoms with Crippen molar-refractivity contribution in [1.82, 2.24) is 4.98 Å². The van der Waals surface area contributed by atoms with Crippen molar-refractivity contribution in [3.8, 4) is 22.8 Å². The minimum atomic E-state index is -0.708. The van der Waals surface area contributed by atoms with Crippen molar-refractivity contribution in [2.45, 2.75) is 50.5 Å². The van der Waals surface area contributed by atoms with Gasteiger partial charge in [-0.1, -0.05) is 12.1 Å². The number of hydrogen-bond acceptors (Lipinski definition) is 5. The van der Waals surface area contributed by atoms with Gasteiger partial charge in [0, 0.05) is 30.1 Å². The van der Waals surface area contributed by atoms with Crippen LogP contribution < -0.4 is 4.74 Å². The first-order valence-electron chi connectivity index (χ1n) is 12.3. The van der Waals surface area contributed by atoms with Gasteiger partial charge in [-0.2, -0.15) is 0 Å². The molecule has 2 aromatic carbocycles. The Kier molecular flexibility index (Phi) is 5.40. The molecule has 1 aromatic heterocycles. The lowest BCUT2D eigenvalue weighted by atomic mass is 9.50. The minimum Gasteiger partial charge on any atom is -0.508 e. The summed E-state index contributed by atoms with van der Waals surface area (Å²) in [6.45, 7) is 1.32. The number of halogens is 1. The molecular weight excluding hydrogens is 449 g/mol. The van der Waals surface area contributed by atoms with Crippen LogP contribution in [0.4, 0.5) is 4.39 Å². The number of hydrogen-bond donors (Lipinski definition) is 2. The summed E-state index contributed by atoms with van der Waals surface area (Å²) < 4.78 is 25.7. The molecule has 1 aliphatic heterocycles. The molecule has 2 aliphatic carbocycles. The summed E-state index contributed by atoms with van der Waals surface area (Å²) in [6, 6.07) is 11.7. The largest absolute Gasteiger partial charge is 0.508 e. The molecule has 3 fully saturated rings. The number of aromatic hydroxyl groups is 1. The Labute approximate surface area is 202 Å². The van der Waals surface area contributed by atoms with E-state index in [1.807, 2.05) is 6.07 Å². The Hall–Kier alpha value is -3.19. The fourth-order valence-corrected chi connectivity index (χ4v) is 6.21. The summed E-state index contributed by atoms with van der Waals surface area (Å²) in [7, 11) is 0. The molecule has 0 bridgehead atoms. The first-order valence-corrected chi connectivity index (χ1v) is 12.3. The summed E-state index contributed by atoms with van der Waals surface area (Å²) in [5.74, 6) is -0.433. The molecule has 0 atom stereocenters. The quantitative estimate of drug-likeness (QED) is 0.493. The number of ether oxygens (including phenoxy) is 2.